The van der Waals surface area contributed by atoms with Crippen LogP contribution in [-0.4, -0.2) is 35.7 Å². The molecule has 0 aliphatic heterocycles. The van der Waals surface area contributed by atoms with Crippen LogP contribution in [0.15, 0.2) is 11.6 Å². The van der Waals surface area contributed by atoms with E-state index >= 15 is 0 Å². The van der Waals surface area contributed by atoms with E-state index in [1.807, 2.05) is 0 Å². The van der Waals surface area contributed by atoms with Crippen molar-refractivity contribution in [1.82, 2.24) is 0 Å². The largest absolute Gasteiger partial charge is 0.481 e. The maximum absolute atomic E-state index is 12.9. The zero-order valence-corrected chi connectivity index (χ0v) is 26.2. The fraction of sp³-hybridized carbons (Fsp3) is 0.853. The van der Waals surface area contributed by atoms with Gasteiger partial charge >= 0.3 is 17.9 Å². The molecule has 224 valence electrons. The molecule has 9 atom stereocenters. The molecule has 5 aliphatic rings. The lowest BCUT2D eigenvalue weighted by Gasteiger charge is -2.71. The quantitative estimate of drug-likeness (QED) is 0.288. The van der Waals surface area contributed by atoms with Crippen molar-refractivity contribution in [2.45, 2.75) is 126 Å². The van der Waals surface area contributed by atoms with Gasteiger partial charge in [0.25, 0.3) is 0 Å². The molecule has 0 amide bonds. The summed E-state index contributed by atoms with van der Waals surface area (Å²) in [5.41, 5.74) is 0.510. The lowest BCUT2D eigenvalue weighted by Crippen LogP contribution is -2.66. The Morgan fingerprint density at radius 3 is 2.17 bits per heavy atom. The molecular weight excluding hydrogens is 504 g/mol. The number of carboxylic acids is 1. The van der Waals surface area contributed by atoms with Crippen molar-refractivity contribution in [1.29, 1.82) is 0 Å². The van der Waals surface area contributed by atoms with Crippen molar-refractivity contribution in [2.75, 3.05) is 6.61 Å². The van der Waals surface area contributed by atoms with Gasteiger partial charge in [-0.15, -0.1) is 0 Å². The standard InChI is InChI=1S/C34H52O6/c1-21(35)39-20-31(6)25-11-14-33(8)26(30(25,5)13-12-27(31)40-22(2)36)10-9-23-24-19-29(3,4)15-17-34(24,28(37)38)18-16-32(23,33)7/h9,24-27H,10-20H2,1-8H3,(H,37,38)/t24-,25+,26+,27-,30-,31-,32+,33+,34-/m0/s1. The fourth-order valence-corrected chi connectivity index (χ4v) is 11.3. The molecular formula is C34H52O6. The van der Waals surface area contributed by atoms with Gasteiger partial charge in [-0.2, -0.15) is 0 Å². The number of fused-ring (bicyclic) bond motifs is 7. The Labute approximate surface area is 241 Å². The first-order chi connectivity index (χ1) is 18.5. The highest BCUT2D eigenvalue weighted by atomic mass is 16.6. The van der Waals surface area contributed by atoms with Gasteiger partial charge in [-0.3, -0.25) is 14.4 Å². The Morgan fingerprint density at radius 2 is 1.55 bits per heavy atom. The molecule has 0 saturated heterocycles. The summed E-state index contributed by atoms with van der Waals surface area (Å²) in [5.74, 6) is -0.386. The van der Waals surface area contributed by atoms with Crippen molar-refractivity contribution in [3.05, 3.63) is 11.6 Å². The van der Waals surface area contributed by atoms with E-state index < -0.39 is 16.8 Å². The van der Waals surface area contributed by atoms with Crippen LogP contribution in [0.25, 0.3) is 0 Å². The topological polar surface area (TPSA) is 89.9 Å². The van der Waals surface area contributed by atoms with Crippen molar-refractivity contribution < 1.29 is 29.0 Å². The Hall–Kier alpha value is -1.85. The molecule has 0 spiro atoms. The van der Waals surface area contributed by atoms with E-state index in [-0.39, 0.29) is 58.1 Å². The van der Waals surface area contributed by atoms with Gasteiger partial charge in [0.1, 0.15) is 12.7 Å². The smallest absolute Gasteiger partial charge is 0.310 e. The molecule has 0 bridgehead atoms. The second kappa shape index (κ2) is 9.33. The molecule has 0 aromatic heterocycles. The number of aliphatic carboxylic acids is 1. The summed E-state index contributed by atoms with van der Waals surface area (Å²) in [5, 5.41) is 10.6. The Morgan fingerprint density at radius 1 is 0.875 bits per heavy atom. The molecule has 0 aromatic rings. The maximum Gasteiger partial charge on any atom is 0.310 e. The molecule has 5 rings (SSSR count). The molecule has 0 unspecified atom stereocenters. The minimum Gasteiger partial charge on any atom is -0.481 e. The number of hydrogen-bond acceptors (Lipinski definition) is 5. The van der Waals surface area contributed by atoms with Gasteiger partial charge in [0.2, 0.25) is 0 Å². The van der Waals surface area contributed by atoms with E-state index in [0.717, 1.165) is 64.2 Å². The van der Waals surface area contributed by atoms with Gasteiger partial charge in [0.15, 0.2) is 0 Å². The molecule has 0 aromatic carbocycles. The molecule has 6 nitrogen and oxygen atoms in total. The summed E-state index contributed by atoms with van der Waals surface area (Å²) in [6.45, 7) is 17.4. The Bertz CT molecular complexity index is 1120. The van der Waals surface area contributed by atoms with E-state index in [1.54, 1.807) is 0 Å². The van der Waals surface area contributed by atoms with Crippen LogP contribution < -0.4 is 0 Å². The van der Waals surface area contributed by atoms with Crippen LogP contribution in [0, 0.1) is 50.2 Å². The van der Waals surface area contributed by atoms with Gasteiger partial charge in [0, 0.05) is 19.3 Å². The summed E-state index contributed by atoms with van der Waals surface area (Å²) in [6.07, 6.45) is 11.3. The minimum atomic E-state index is -0.629. The average Bonchev–Trinajstić information content (AvgIpc) is 2.84. The molecule has 0 radical (unpaired) electrons. The number of esters is 2. The third-order valence-corrected chi connectivity index (χ3v) is 13.7. The van der Waals surface area contributed by atoms with Crippen molar-refractivity contribution >= 4 is 17.9 Å². The summed E-state index contributed by atoms with van der Waals surface area (Å²) in [6, 6.07) is 0. The van der Waals surface area contributed by atoms with E-state index in [4.69, 9.17) is 9.47 Å². The Balaban J connectivity index is 1.56. The minimum absolute atomic E-state index is 0.00322. The van der Waals surface area contributed by atoms with E-state index in [1.165, 1.54) is 19.4 Å². The predicted octanol–water partition coefficient (Wildman–Crippen LogP) is 7.35. The lowest BCUT2D eigenvalue weighted by atomic mass is 9.33. The van der Waals surface area contributed by atoms with Crippen molar-refractivity contribution in [3.8, 4) is 0 Å². The number of hydrogen-bond donors (Lipinski definition) is 1. The Kier molecular flexibility index (Phi) is 6.91. The highest BCUT2D eigenvalue weighted by Gasteiger charge is 2.70. The van der Waals surface area contributed by atoms with E-state index in [9.17, 15) is 19.5 Å². The number of carboxylic acid groups (broad SMARTS) is 1. The number of ether oxygens (including phenoxy) is 2. The first-order valence-corrected chi connectivity index (χ1v) is 15.7. The van der Waals surface area contributed by atoms with Gasteiger partial charge in [-0.05, 0) is 104 Å². The van der Waals surface area contributed by atoms with E-state index in [0.29, 0.717) is 5.92 Å². The van der Waals surface area contributed by atoms with Gasteiger partial charge < -0.3 is 14.6 Å². The molecule has 5 aliphatic carbocycles. The van der Waals surface area contributed by atoms with Crippen LogP contribution in [-0.2, 0) is 23.9 Å². The highest BCUT2D eigenvalue weighted by molar-refractivity contribution is 5.76. The second-order valence-corrected chi connectivity index (χ2v) is 16.1. The zero-order chi connectivity index (χ0) is 29.5. The van der Waals surface area contributed by atoms with Crippen LogP contribution >= 0.6 is 0 Å². The zero-order valence-electron chi connectivity index (χ0n) is 26.2. The predicted molar refractivity (Wildman–Crippen MR) is 153 cm³/mol. The third-order valence-electron chi connectivity index (χ3n) is 13.7. The first-order valence-electron chi connectivity index (χ1n) is 15.7. The van der Waals surface area contributed by atoms with Gasteiger partial charge in [-0.1, -0.05) is 53.2 Å². The molecule has 4 fully saturated rings. The first kappa shape index (κ1) is 29.6. The molecule has 1 N–H and O–H groups in total. The van der Waals surface area contributed by atoms with Crippen LogP contribution in [0.4, 0.5) is 0 Å². The highest BCUT2D eigenvalue weighted by Crippen LogP contribution is 2.76. The summed E-state index contributed by atoms with van der Waals surface area (Å²) in [7, 11) is 0. The normalized spacial score (nSPS) is 47.4. The van der Waals surface area contributed by atoms with Crippen LogP contribution in [0.2, 0.25) is 0 Å². The van der Waals surface area contributed by atoms with Gasteiger partial charge in [0.05, 0.1) is 5.41 Å². The van der Waals surface area contributed by atoms with Crippen molar-refractivity contribution in [2.24, 2.45) is 50.2 Å². The van der Waals surface area contributed by atoms with Crippen LogP contribution in [0.1, 0.15) is 120 Å². The van der Waals surface area contributed by atoms with Crippen LogP contribution in [0.3, 0.4) is 0 Å². The monoisotopic (exact) mass is 556 g/mol. The number of allylic oxidation sites excluding steroid dienone is 2. The summed E-state index contributed by atoms with van der Waals surface area (Å²) >= 11 is 0. The fourth-order valence-electron chi connectivity index (χ4n) is 11.3. The number of carbonyl (C=O) groups is 3. The number of rotatable bonds is 4. The summed E-state index contributed by atoms with van der Waals surface area (Å²) < 4.78 is 11.6. The summed E-state index contributed by atoms with van der Waals surface area (Å²) in [4.78, 5) is 36.9. The molecule has 6 heteroatoms. The SMILES string of the molecule is CC(=O)OC[C@@]1(C)[C@@H]2CC[C@]3(C)[C@H](CC=C4[C@@H]5CC(C)(C)CC[C@]5(C(=O)O)CC[C@]43C)[C@@]2(C)CC[C@@H]1OC(C)=O. The molecule has 0 heterocycles. The lowest BCUT2D eigenvalue weighted by molar-refractivity contribution is -0.226. The van der Waals surface area contributed by atoms with E-state index in [2.05, 4.69) is 47.6 Å². The van der Waals surface area contributed by atoms with Crippen LogP contribution in [0.5, 0.6) is 0 Å². The number of carbonyl (C=O) groups excluding carboxylic acids is 2. The average molecular weight is 557 g/mol. The molecule has 40 heavy (non-hydrogen) atoms. The van der Waals surface area contributed by atoms with Gasteiger partial charge in [-0.25, -0.2) is 0 Å². The third kappa shape index (κ3) is 4.04. The van der Waals surface area contributed by atoms with Crippen molar-refractivity contribution in [3.63, 3.8) is 0 Å². The maximum atomic E-state index is 12.9. The molecule has 4 saturated carbocycles. The second-order valence-electron chi connectivity index (χ2n) is 16.1.